The van der Waals surface area contributed by atoms with E-state index in [2.05, 4.69) is 5.32 Å². The van der Waals surface area contributed by atoms with Crippen LogP contribution in [0.3, 0.4) is 0 Å². The summed E-state index contributed by atoms with van der Waals surface area (Å²) in [5.74, 6) is 0.877. The normalized spacial score (nSPS) is 31.6. The molecule has 0 amide bonds. The Kier molecular flexibility index (Phi) is 4.92. The van der Waals surface area contributed by atoms with Crippen molar-refractivity contribution in [2.24, 2.45) is 0 Å². The minimum atomic E-state index is -0.438. The summed E-state index contributed by atoms with van der Waals surface area (Å²) >= 11 is 1.88. The second kappa shape index (κ2) is 6.26. The second-order valence-corrected chi connectivity index (χ2v) is 6.71. The minimum Gasteiger partial charge on any atom is -0.468 e. The molecule has 2 fully saturated rings. The molecule has 4 nitrogen and oxygen atoms in total. The van der Waals surface area contributed by atoms with Gasteiger partial charge in [-0.2, -0.15) is 11.8 Å². The SMILES string of the molecule is COC(=O)C1(NC2CC2)CCC(SCCCO)C1. The summed E-state index contributed by atoms with van der Waals surface area (Å²) in [6.07, 6.45) is 6.01. The average molecular weight is 273 g/mol. The zero-order chi connectivity index (χ0) is 13.0. The third-order valence-electron chi connectivity index (χ3n) is 3.76. The third-order valence-corrected chi connectivity index (χ3v) is 5.16. The number of rotatable bonds is 7. The number of thioether (sulfide) groups is 1. The highest BCUT2D eigenvalue weighted by Gasteiger charge is 2.48. The lowest BCUT2D eigenvalue weighted by Crippen LogP contribution is -2.52. The molecule has 0 spiro atoms. The van der Waals surface area contributed by atoms with Crippen LogP contribution in [0.15, 0.2) is 0 Å². The number of aliphatic hydroxyl groups is 1. The molecule has 18 heavy (non-hydrogen) atoms. The molecule has 0 heterocycles. The van der Waals surface area contributed by atoms with Gasteiger partial charge in [-0.1, -0.05) is 0 Å². The van der Waals surface area contributed by atoms with Gasteiger partial charge in [0.2, 0.25) is 0 Å². The predicted molar refractivity (Wildman–Crippen MR) is 72.7 cm³/mol. The Labute approximate surface area is 113 Å². The van der Waals surface area contributed by atoms with Gasteiger partial charge in [0.15, 0.2) is 0 Å². The summed E-state index contributed by atoms with van der Waals surface area (Å²) < 4.78 is 4.99. The van der Waals surface area contributed by atoms with Gasteiger partial charge < -0.3 is 9.84 Å². The van der Waals surface area contributed by atoms with Crippen molar-refractivity contribution in [3.8, 4) is 0 Å². The van der Waals surface area contributed by atoms with Gasteiger partial charge in [-0.3, -0.25) is 10.1 Å². The first-order chi connectivity index (χ1) is 8.70. The summed E-state index contributed by atoms with van der Waals surface area (Å²) in [7, 11) is 1.48. The van der Waals surface area contributed by atoms with E-state index in [4.69, 9.17) is 9.84 Å². The summed E-state index contributed by atoms with van der Waals surface area (Å²) in [5.41, 5.74) is -0.438. The first kappa shape index (κ1) is 14.2. The van der Waals surface area contributed by atoms with Gasteiger partial charge in [0, 0.05) is 17.9 Å². The lowest BCUT2D eigenvalue weighted by molar-refractivity contribution is -0.148. The number of ether oxygens (including phenoxy) is 1. The van der Waals surface area contributed by atoms with E-state index < -0.39 is 5.54 Å². The lowest BCUT2D eigenvalue weighted by Gasteiger charge is -2.27. The van der Waals surface area contributed by atoms with Crippen LogP contribution >= 0.6 is 11.8 Å². The monoisotopic (exact) mass is 273 g/mol. The van der Waals surface area contributed by atoms with Gasteiger partial charge in [-0.15, -0.1) is 0 Å². The predicted octanol–water partition coefficient (Wildman–Crippen LogP) is 1.32. The van der Waals surface area contributed by atoms with Gasteiger partial charge in [0.05, 0.1) is 7.11 Å². The van der Waals surface area contributed by atoms with E-state index in [0.29, 0.717) is 11.3 Å². The maximum atomic E-state index is 12.0. The largest absolute Gasteiger partial charge is 0.468 e. The van der Waals surface area contributed by atoms with Gasteiger partial charge in [0.25, 0.3) is 0 Å². The molecule has 2 saturated carbocycles. The molecule has 2 aliphatic carbocycles. The van der Waals surface area contributed by atoms with E-state index in [0.717, 1.165) is 31.4 Å². The fraction of sp³-hybridized carbons (Fsp3) is 0.923. The van der Waals surface area contributed by atoms with Gasteiger partial charge >= 0.3 is 5.97 Å². The highest BCUT2D eigenvalue weighted by atomic mass is 32.2. The molecule has 0 aliphatic heterocycles. The van der Waals surface area contributed by atoms with Gasteiger partial charge in [-0.05, 0) is 44.3 Å². The summed E-state index contributed by atoms with van der Waals surface area (Å²) in [6, 6.07) is 0.519. The van der Waals surface area contributed by atoms with Crippen molar-refractivity contribution >= 4 is 17.7 Å². The van der Waals surface area contributed by atoms with Gasteiger partial charge in [-0.25, -0.2) is 0 Å². The molecule has 2 unspecified atom stereocenters. The zero-order valence-electron chi connectivity index (χ0n) is 11.0. The molecule has 0 bridgehead atoms. The number of hydrogen-bond acceptors (Lipinski definition) is 5. The molecule has 0 aromatic heterocycles. The summed E-state index contributed by atoms with van der Waals surface area (Å²) in [5, 5.41) is 12.8. The van der Waals surface area contributed by atoms with Crippen LogP contribution in [0, 0.1) is 0 Å². The average Bonchev–Trinajstić information content (AvgIpc) is 3.08. The highest BCUT2D eigenvalue weighted by molar-refractivity contribution is 7.99. The highest BCUT2D eigenvalue weighted by Crippen LogP contribution is 2.40. The third kappa shape index (κ3) is 3.39. The van der Waals surface area contributed by atoms with Crippen molar-refractivity contribution in [3.05, 3.63) is 0 Å². The Morgan fingerprint density at radius 1 is 1.50 bits per heavy atom. The number of aliphatic hydroxyl groups excluding tert-OH is 1. The van der Waals surface area contributed by atoms with Crippen LogP contribution in [-0.4, -0.2) is 47.4 Å². The molecule has 2 N–H and O–H groups in total. The molecule has 0 radical (unpaired) electrons. The van der Waals surface area contributed by atoms with Crippen molar-refractivity contribution in [2.45, 2.75) is 55.4 Å². The molecule has 0 saturated heterocycles. The molecule has 5 heteroatoms. The second-order valence-electron chi connectivity index (χ2n) is 5.31. The smallest absolute Gasteiger partial charge is 0.326 e. The topological polar surface area (TPSA) is 58.6 Å². The number of esters is 1. The molecule has 2 atom stereocenters. The van der Waals surface area contributed by atoms with Crippen LogP contribution in [0.25, 0.3) is 0 Å². The molecule has 0 aromatic carbocycles. The fourth-order valence-electron chi connectivity index (χ4n) is 2.65. The van der Waals surface area contributed by atoms with E-state index in [1.54, 1.807) is 0 Å². The maximum Gasteiger partial charge on any atom is 0.326 e. The quantitative estimate of drug-likeness (QED) is 0.541. The standard InChI is InChI=1S/C13H23NO3S/c1-17-12(16)13(14-10-3-4-10)6-5-11(9-13)18-8-2-7-15/h10-11,14-15H,2-9H2,1H3. The first-order valence-electron chi connectivity index (χ1n) is 6.79. The Hall–Kier alpha value is -0.260. The van der Waals surface area contributed by atoms with Gasteiger partial charge in [0.1, 0.15) is 5.54 Å². The van der Waals surface area contributed by atoms with E-state index in [1.165, 1.54) is 20.0 Å². The Morgan fingerprint density at radius 3 is 2.89 bits per heavy atom. The van der Waals surface area contributed by atoms with Crippen molar-refractivity contribution in [3.63, 3.8) is 0 Å². The molecule has 0 aromatic rings. The van der Waals surface area contributed by atoms with Crippen molar-refractivity contribution in [2.75, 3.05) is 19.5 Å². The molecular weight excluding hydrogens is 250 g/mol. The van der Waals surface area contributed by atoms with E-state index >= 15 is 0 Å². The number of nitrogens with one attached hydrogen (secondary N) is 1. The molecular formula is C13H23NO3S. The van der Waals surface area contributed by atoms with Crippen LogP contribution in [-0.2, 0) is 9.53 Å². The first-order valence-corrected chi connectivity index (χ1v) is 7.83. The lowest BCUT2D eigenvalue weighted by atomic mass is 9.97. The number of methoxy groups -OCH3 is 1. The summed E-state index contributed by atoms with van der Waals surface area (Å²) in [4.78, 5) is 12.0. The minimum absolute atomic E-state index is 0.0975. The molecule has 2 aliphatic rings. The molecule has 2 rings (SSSR count). The zero-order valence-corrected chi connectivity index (χ0v) is 11.8. The van der Waals surface area contributed by atoms with Crippen molar-refractivity contribution < 1.29 is 14.6 Å². The Morgan fingerprint density at radius 2 is 2.28 bits per heavy atom. The van der Waals surface area contributed by atoms with E-state index in [1.807, 2.05) is 11.8 Å². The fourth-order valence-corrected chi connectivity index (χ4v) is 3.96. The summed E-state index contributed by atoms with van der Waals surface area (Å²) in [6.45, 7) is 0.252. The number of carbonyl (C=O) groups is 1. The van der Waals surface area contributed by atoms with Crippen LogP contribution in [0.2, 0.25) is 0 Å². The Bertz CT molecular complexity index is 296. The van der Waals surface area contributed by atoms with Crippen LogP contribution in [0.1, 0.15) is 38.5 Å². The van der Waals surface area contributed by atoms with E-state index in [-0.39, 0.29) is 12.6 Å². The van der Waals surface area contributed by atoms with Crippen LogP contribution in [0.5, 0.6) is 0 Å². The number of carbonyl (C=O) groups excluding carboxylic acids is 1. The van der Waals surface area contributed by atoms with Crippen molar-refractivity contribution in [1.29, 1.82) is 0 Å². The van der Waals surface area contributed by atoms with Crippen LogP contribution < -0.4 is 5.32 Å². The van der Waals surface area contributed by atoms with E-state index in [9.17, 15) is 4.79 Å². The Balaban J connectivity index is 1.88. The number of hydrogen-bond donors (Lipinski definition) is 2. The van der Waals surface area contributed by atoms with Crippen LogP contribution in [0.4, 0.5) is 0 Å². The maximum absolute atomic E-state index is 12.0. The molecule has 104 valence electrons. The van der Waals surface area contributed by atoms with Crippen molar-refractivity contribution in [1.82, 2.24) is 5.32 Å².